The lowest BCUT2D eigenvalue weighted by Gasteiger charge is -2.16. The van der Waals surface area contributed by atoms with Crippen molar-refractivity contribution in [2.75, 3.05) is 32.4 Å². The molecule has 5 nitrogen and oxygen atoms in total. The highest BCUT2D eigenvalue weighted by molar-refractivity contribution is 7.22. The smallest absolute Gasteiger partial charge is 0.207 e. The van der Waals surface area contributed by atoms with E-state index in [1.54, 1.807) is 25.6 Å². The van der Waals surface area contributed by atoms with Gasteiger partial charge in [0.1, 0.15) is 5.75 Å². The van der Waals surface area contributed by atoms with Gasteiger partial charge in [0.2, 0.25) is 5.13 Å². The highest BCUT2D eigenvalue weighted by Crippen LogP contribution is 2.29. The summed E-state index contributed by atoms with van der Waals surface area (Å²) < 4.78 is 11.9. The van der Waals surface area contributed by atoms with Gasteiger partial charge in [-0.15, -0.1) is 0 Å². The molecule has 3 aromatic rings. The van der Waals surface area contributed by atoms with Gasteiger partial charge >= 0.3 is 0 Å². The Labute approximate surface area is 183 Å². The average molecular weight is 426 g/mol. The molecular weight excluding hydrogens is 394 g/mol. The molecule has 0 N–H and O–H groups in total. The molecule has 0 aliphatic rings. The number of thiazole rings is 1. The van der Waals surface area contributed by atoms with E-state index in [9.17, 15) is 0 Å². The first kappa shape index (κ1) is 22.2. The van der Waals surface area contributed by atoms with Crippen LogP contribution in [0.25, 0.3) is 10.2 Å². The fraction of sp³-hybridized carbons (Fsp3) is 0.417. The normalized spacial score (nSPS) is 11.4. The molecule has 0 aliphatic heterocycles. The third kappa shape index (κ3) is 6.03. The fourth-order valence-corrected chi connectivity index (χ4v) is 4.20. The van der Waals surface area contributed by atoms with Crippen molar-refractivity contribution in [3.05, 3.63) is 53.6 Å². The lowest BCUT2D eigenvalue weighted by atomic mass is 10.1. The maximum Gasteiger partial charge on any atom is 0.207 e. The largest absolute Gasteiger partial charge is 0.496 e. The number of hydrogen-bond donors (Lipinski definition) is 0. The number of aromatic nitrogens is 1. The van der Waals surface area contributed by atoms with Crippen LogP contribution in [0.3, 0.4) is 0 Å². The second-order valence-corrected chi connectivity index (χ2v) is 8.22. The lowest BCUT2D eigenvalue weighted by Crippen LogP contribution is -2.18. The summed E-state index contributed by atoms with van der Waals surface area (Å²) in [7, 11) is 3.41. The Morgan fingerprint density at radius 2 is 1.97 bits per heavy atom. The Morgan fingerprint density at radius 3 is 2.73 bits per heavy atom. The van der Waals surface area contributed by atoms with E-state index in [-0.39, 0.29) is 0 Å². The van der Waals surface area contributed by atoms with Crippen molar-refractivity contribution in [1.29, 1.82) is 0 Å². The maximum atomic E-state index is 5.55. The zero-order chi connectivity index (χ0) is 21.2. The average Bonchev–Trinajstić information content (AvgIpc) is 3.21. The summed E-state index contributed by atoms with van der Waals surface area (Å²) in [5.41, 5.74) is 3.18. The number of benzene rings is 2. The van der Waals surface area contributed by atoms with E-state index in [1.807, 2.05) is 23.4 Å². The number of unbranched alkanes of at least 4 members (excludes halogenated alkanes) is 3. The van der Waals surface area contributed by atoms with Crippen LogP contribution in [0.5, 0.6) is 5.75 Å². The molecule has 6 heteroatoms. The molecule has 0 radical (unpaired) electrons. The van der Waals surface area contributed by atoms with Crippen molar-refractivity contribution in [2.24, 2.45) is 5.10 Å². The number of nitrogens with zero attached hydrogens (tertiary/aromatic N) is 3. The van der Waals surface area contributed by atoms with Crippen molar-refractivity contribution in [3.63, 3.8) is 0 Å². The number of hydrazone groups is 1. The maximum absolute atomic E-state index is 5.55. The van der Waals surface area contributed by atoms with Crippen LogP contribution in [-0.4, -0.2) is 38.6 Å². The minimum atomic E-state index is 0.693. The summed E-state index contributed by atoms with van der Waals surface area (Å²) in [6, 6.07) is 14.4. The van der Waals surface area contributed by atoms with Gasteiger partial charge in [-0.05, 0) is 42.7 Å². The van der Waals surface area contributed by atoms with E-state index in [4.69, 9.17) is 19.6 Å². The molecule has 3 rings (SSSR count). The van der Waals surface area contributed by atoms with E-state index < -0.39 is 0 Å². The lowest BCUT2D eigenvalue weighted by molar-refractivity contribution is 0.202. The van der Waals surface area contributed by atoms with Crippen molar-refractivity contribution in [3.8, 4) is 5.75 Å². The van der Waals surface area contributed by atoms with Gasteiger partial charge < -0.3 is 9.47 Å². The van der Waals surface area contributed by atoms with Crippen molar-refractivity contribution in [2.45, 2.75) is 39.0 Å². The molecule has 0 aliphatic carbocycles. The molecule has 0 saturated heterocycles. The predicted molar refractivity (Wildman–Crippen MR) is 127 cm³/mol. The zero-order valence-corrected chi connectivity index (χ0v) is 19.0. The number of ether oxygens (including phenoxy) is 2. The number of methoxy groups -OCH3 is 2. The topological polar surface area (TPSA) is 47.0 Å². The fourth-order valence-electron chi connectivity index (χ4n) is 3.25. The van der Waals surface area contributed by atoms with Crippen LogP contribution >= 0.6 is 11.3 Å². The summed E-state index contributed by atoms with van der Waals surface area (Å²) >= 11 is 1.68. The number of hydrogen-bond acceptors (Lipinski definition) is 6. The van der Waals surface area contributed by atoms with E-state index in [2.05, 4.69) is 37.3 Å². The molecule has 0 unspecified atom stereocenters. The van der Waals surface area contributed by atoms with Gasteiger partial charge in [-0.25, -0.2) is 9.99 Å². The molecule has 1 heterocycles. The first-order chi connectivity index (χ1) is 14.7. The van der Waals surface area contributed by atoms with E-state index in [0.717, 1.165) is 41.3 Å². The SMILES string of the molecule is CCCCCCN(/N=C/c1cc(CCOC)ccc1OC)c1nc2ccccc2s1. The van der Waals surface area contributed by atoms with Crippen LogP contribution in [0, 0.1) is 0 Å². The monoisotopic (exact) mass is 425 g/mol. The molecule has 0 spiro atoms. The first-order valence-electron chi connectivity index (χ1n) is 10.6. The number of anilines is 1. The van der Waals surface area contributed by atoms with Crippen LogP contribution in [0.1, 0.15) is 43.7 Å². The number of rotatable bonds is 12. The van der Waals surface area contributed by atoms with E-state index in [0.29, 0.717) is 6.61 Å². The molecule has 2 aromatic carbocycles. The third-order valence-electron chi connectivity index (χ3n) is 4.95. The van der Waals surface area contributed by atoms with Crippen LogP contribution < -0.4 is 9.75 Å². The van der Waals surface area contributed by atoms with Crippen LogP contribution in [0.2, 0.25) is 0 Å². The van der Waals surface area contributed by atoms with Gasteiger partial charge in [-0.3, -0.25) is 0 Å². The zero-order valence-electron chi connectivity index (χ0n) is 18.1. The Morgan fingerprint density at radius 1 is 1.10 bits per heavy atom. The van der Waals surface area contributed by atoms with Crippen molar-refractivity contribution >= 4 is 32.9 Å². The van der Waals surface area contributed by atoms with Gasteiger partial charge in [-0.2, -0.15) is 5.10 Å². The summed E-state index contributed by atoms with van der Waals surface area (Å²) in [6.45, 7) is 3.77. The molecule has 0 bridgehead atoms. The Balaban J connectivity index is 1.85. The highest BCUT2D eigenvalue weighted by atomic mass is 32.1. The highest BCUT2D eigenvalue weighted by Gasteiger charge is 2.12. The number of fused-ring (bicyclic) bond motifs is 1. The Hall–Kier alpha value is -2.44. The minimum Gasteiger partial charge on any atom is -0.496 e. The van der Waals surface area contributed by atoms with E-state index >= 15 is 0 Å². The molecule has 0 fully saturated rings. The molecular formula is C24H31N3O2S. The quantitative estimate of drug-likeness (QED) is 0.205. The van der Waals surface area contributed by atoms with Crippen LogP contribution in [0.4, 0.5) is 5.13 Å². The van der Waals surface area contributed by atoms with Gasteiger partial charge in [0.25, 0.3) is 0 Å². The molecule has 30 heavy (non-hydrogen) atoms. The predicted octanol–water partition coefficient (Wildman–Crippen LogP) is 5.91. The minimum absolute atomic E-state index is 0.693. The Kier molecular flexibility index (Phi) is 8.66. The second kappa shape index (κ2) is 11.7. The summed E-state index contributed by atoms with van der Waals surface area (Å²) in [6.07, 6.45) is 7.50. The van der Waals surface area contributed by atoms with Gasteiger partial charge in [0.15, 0.2) is 0 Å². The molecule has 0 atom stereocenters. The second-order valence-electron chi connectivity index (χ2n) is 7.21. The molecule has 160 valence electrons. The van der Waals surface area contributed by atoms with Crippen LogP contribution in [0.15, 0.2) is 47.6 Å². The van der Waals surface area contributed by atoms with Gasteiger partial charge in [0.05, 0.1) is 30.1 Å². The van der Waals surface area contributed by atoms with Gasteiger partial charge in [-0.1, -0.05) is 55.7 Å². The third-order valence-corrected chi connectivity index (χ3v) is 6.00. The summed E-state index contributed by atoms with van der Waals surface area (Å²) in [4.78, 5) is 4.81. The standard InChI is InChI=1S/C24H31N3O2S/c1-4-5-6-9-15-27(24-26-21-10-7-8-11-23(21)30-24)25-18-20-17-19(14-16-28-2)12-13-22(20)29-3/h7-8,10-13,17-18H,4-6,9,14-16H2,1-3H3/b25-18+. The molecule has 0 saturated carbocycles. The Bertz CT molecular complexity index is 922. The van der Waals surface area contributed by atoms with Crippen molar-refractivity contribution in [1.82, 2.24) is 4.98 Å². The molecule has 0 amide bonds. The first-order valence-corrected chi connectivity index (χ1v) is 11.4. The molecule has 1 aromatic heterocycles. The van der Waals surface area contributed by atoms with Gasteiger partial charge in [0, 0.05) is 19.2 Å². The van der Waals surface area contributed by atoms with Crippen molar-refractivity contribution < 1.29 is 9.47 Å². The summed E-state index contributed by atoms with van der Waals surface area (Å²) in [5.74, 6) is 0.815. The van der Waals surface area contributed by atoms with E-state index in [1.165, 1.54) is 29.5 Å². The number of para-hydroxylation sites is 1. The van der Waals surface area contributed by atoms with Crippen LogP contribution in [-0.2, 0) is 11.2 Å². The summed E-state index contributed by atoms with van der Waals surface area (Å²) in [5, 5.41) is 7.79.